The third-order valence-corrected chi connectivity index (χ3v) is 3.65. The molecule has 0 amide bonds. The minimum absolute atomic E-state index is 0.348. The van der Waals surface area contributed by atoms with Gasteiger partial charge in [0.1, 0.15) is 0 Å². The minimum Gasteiger partial charge on any atom is -0.390 e. The van der Waals surface area contributed by atoms with Gasteiger partial charge in [-0.15, -0.1) is 0 Å². The van der Waals surface area contributed by atoms with Crippen molar-refractivity contribution in [2.24, 2.45) is 5.92 Å². The summed E-state index contributed by atoms with van der Waals surface area (Å²) in [6.07, 6.45) is 1.82. The summed E-state index contributed by atoms with van der Waals surface area (Å²) < 4.78 is 0. The zero-order valence-electron chi connectivity index (χ0n) is 11.2. The highest BCUT2D eigenvalue weighted by Crippen LogP contribution is 2.22. The summed E-state index contributed by atoms with van der Waals surface area (Å²) in [5.41, 5.74) is 0.731. The highest BCUT2D eigenvalue weighted by Gasteiger charge is 2.25. The maximum atomic E-state index is 10.2. The maximum absolute atomic E-state index is 10.2. The van der Waals surface area contributed by atoms with Gasteiger partial charge >= 0.3 is 0 Å². The van der Waals surface area contributed by atoms with E-state index in [-0.39, 0.29) is 0 Å². The van der Waals surface area contributed by atoms with Crippen LogP contribution in [-0.4, -0.2) is 17.3 Å². The quantitative estimate of drug-likeness (QED) is 0.712. The Morgan fingerprint density at radius 3 is 2.53 bits per heavy atom. The topological polar surface area (TPSA) is 32.3 Å². The molecule has 2 unspecified atom stereocenters. The van der Waals surface area contributed by atoms with Crippen LogP contribution in [0.2, 0.25) is 0 Å². The van der Waals surface area contributed by atoms with Crippen LogP contribution < -0.4 is 5.32 Å². The van der Waals surface area contributed by atoms with Crippen LogP contribution in [0.4, 0.5) is 0 Å². The molecule has 1 rings (SSSR count). The average molecular weight is 235 g/mol. The lowest BCUT2D eigenvalue weighted by molar-refractivity contribution is -0.00272. The lowest BCUT2D eigenvalue weighted by atomic mass is 9.86. The van der Waals surface area contributed by atoms with Crippen molar-refractivity contribution < 1.29 is 5.11 Å². The van der Waals surface area contributed by atoms with Crippen LogP contribution in [0.5, 0.6) is 0 Å². The molecule has 0 aliphatic heterocycles. The molecular formula is C15H25NO. The van der Waals surface area contributed by atoms with Crippen LogP contribution in [0.15, 0.2) is 30.3 Å². The first-order valence-corrected chi connectivity index (χ1v) is 6.53. The van der Waals surface area contributed by atoms with Crippen LogP contribution in [0.3, 0.4) is 0 Å². The van der Waals surface area contributed by atoms with E-state index in [0.29, 0.717) is 5.92 Å². The van der Waals surface area contributed by atoms with E-state index in [1.807, 2.05) is 25.1 Å². The third kappa shape index (κ3) is 4.88. The Bertz CT molecular complexity index is 308. The normalized spacial score (nSPS) is 16.5. The number of nitrogens with one attached hydrogen (secondary N) is 1. The minimum atomic E-state index is -0.557. The zero-order valence-corrected chi connectivity index (χ0v) is 11.2. The summed E-state index contributed by atoms with van der Waals surface area (Å²) in [5.74, 6) is 0.348. The van der Waals surface area contributed by atoms with Gasteiger partial charge in [-0.05, 0) is 31.4 Å². The lowest BCUT2D eigenvalue weighted by Gasteiger charge is -2.29. The fraction of sp³-hybridized carbons (Fsp3) is 0.600. The summed E-state index contributed by atoms with van der Waals surface area (Å²) in [6.45, 7) is 7.89. The Hall–Kier alpha value is -0.860. The van der Waals surface area contributed by atoms with Gasteiger partial charge in [-0.25, -0.2) is 0 Å². The fourth-order valence-corrected chi connectivity index (χ4v) is 1.86. The van der Waals surface area contributed by atoms with Crippen LogP contribution in [-0.2, 0) is 6.54 Å². The van der Waals surface area contributed by atoms with Crippen molar-refractivity contribution >= 4 is 0 Å². The Morgan fingerprint density at radius 2 is 1.94 bits per heavy atom. The highest BCUT2D eigenvalue weighted by atomic mass is 16.3. The van der Waals surface area contributed by atoms with E-state index in [0.717, 1.165) is 25.9 Å². The van der Waals surface area contributed by atoms with E-state index in [1.165, 1.54) is 5.56 Å². The smallest absolute Gasteiger partial charge is 0.0657 e. The number of hydrogen-bond donors (Lipinski definition) is 2. The van der Waals surface area contributed by atoms with Gasteiger partial charge in [-0.2, -0.15) is 0 Å². The largest absolute Gasteiger partial charge is 0.390 e. The molecule has 0 fully saturated rings. The molecular weight excluding hydrogens is 210 g/mol. The number of aliphatic hydroxyl groups is 1. The third-order valence-electron chi connectivity index (χ3n) is 3.65. The number of benzene rings is 1. The summed E-state index contributed by atoms with van der Waals surface area (Å²) in [6, 6.07) is 10.3. The van der Waals surface area contributed by atoms with Crippen molar-refractivity contribution in [2.75, 3.05) is 6.54 Å². The Balaban J connectivity index is 2.24. The highest BCUT2D eigenvalue weighted by molar-refractivity contribution is 5.14. The SMILES string of the molecule is CCC(C)C(C)(O)CCNCc1ccccc1. The molecule has 1 aromatic carbocycles. The van der Waals surface area contributed by atoms with Gasteiger partial charge < -0.3 is 10.4 Å². The summed E-state index contributed by atoms with van der Waals surface area (Å²) in [5, 5.41) is 13.6. The Kier molecular flexibility index (Phi) is 5.66. The standard InChI is InChI=1S/C15H25NO/c1-4-13(2)15(3,17)10-11-16-12-14-8-6-5-7-9-14/h5-9,13,16-17H,4,10-12H2,1-3H3. The summed E-state index contributed by atoms with van der Waals surface area (Å²) >= 11 is 0. The van der Waals surface area contributed by atoms with Crippen LogP contribution in [0.1, 0.15) is 39.2 Å². The Morgan fingerprint density at radius 1 is 1.29 bits per heavy atom. The van der Waals surface area contributed by atoms with Gasteiger partial charge in [0.2, 0.25) is 0 Å². The molecule has 2 heteroatoms. The van der Waals surface area contributed by atoms with Crippen molar-refractivity contribution in [3.05, 3.63) is 35.9 Å². The molecule has 2 N–H and O–H groups in total. The van der Waals surface area contributed by atoms with Gasteiger partial charge in [0.15, 0.2) is 0 Å². The maximum Gasteiger partial charge on any atom is 0.0657 e. The van der Waals surface area contributed by atoms with Gasteiger partial charge in [-0.1, -0.05) is 50.6 Å². The number of hydrogen-bond acceptors (Lipinski definition) is 2. The molecule has 0 radical (unpaired) electrons. The van der Waals surface area contributed by atoms with Crippen molar-refractivity contribution in [3.63, 3.8) is 0 Å². The van der Waals surface area contributed by atoms with Crippen LogP contribution >= 0.6 is 0 Å². The van der Waals surface area contributed by atoms with Crippen molar-refractivity contribution in [2.45, 2.75) is 45.8 Å². The molecule has 0 heterocycles. The molecule has 17 heavy (non-hydrogen) atoms. The first-order valence-electron chi connectivity index (χ1n) is 6.53. The lowest BCUT2D eigenvalue weighted by Crippen LogP contribution is -2.36. The van der Waals surface area contributed by atoms with E-state index in [1.54, 1.807) is 0 Å². The molecule has 0 aliphatic rings. The van der Waals surface area contributed by atoms with E-state index in [2.05, 4.69) is 31.3 Å². The van der Waals surface area contributed by atoms with Crippen molar-refractivity contribution in [1.82, 2.24) is 5.32 Å². The van der Waals surface area contributed by atoms with Crippen LogP contribution in [0.25, 0.3) is 0 Å². The van der Waals surface area contributed by atoms with E-state index >= 15 is 0 Å². The van der Waals surface area contributed by atoms with Crippen molar-refractivity contribution in [3.8, 4) is 0 Å². The summed E-state index contributed by atoms with van der Waals surface area (Å²) in [4.78, 5) is 0. The molecule has 0 spiro atoms. The molecule has 2 atom stereocenters. The Labute approximate surface area is 105 Å². The van der Waals surface area contributed by atoms with E-state index in [9.17, 15) is 5.11 Å². The van der Waals surface area contributed by atoms with Gasteiger partial charge in [-0.3, -0.25) is 0 Å². The molecule has 96 valence electrons. The van der Waals surface area contributed by atoms with Gasteiger partial charge in [0.05, 0.1) is 5.60 Å². The average Bonchev–Trinajstić information content (AvgIpc) is 2.35. The van der Waals surface area contributed by atoms with E-state index < -0.39 is 5.60 Å². The first kappa shape index (κ1) is 14.2. The molecule has 0 aliphatic carbocycles. The van der Waals surface area contributed by atoms with Gasteiger partial charge in [0.25, 0.3) is 0 Å². The molecule has 0 saturated heterocycles. The number of rotatable bonds is 7. The predicted molar refractivity (Wildman–Crippen MR) is 72.8 cm³/mol. The monoisotopic (exact) mass is 235 g/mol. The van der Waals surface area contributed by atoms with Crippen LogP contribution in [0, 0.1) is 5.92 Å². The second-order valence-corrected chi connectivity index (χ2v) is 5.08. The van der Waals surface area contributed by atoms with Gasteiger partial charge in [0, 0.05) is 6.54 Å². The first-order chi connectivity index (χ1) is 8.06. The molecule has 2 nitrogen and oxygen atoms in total. The zero-order chi connectivity index (χ0) is 12.7. The second kappa shape index (κ2) is 6.77. The summed E-state index contributed by atoms with van der Waals surface area (Å²) in [7, 11) is 0. The fourth-order valence-electron chi connectivity index (χ4n) is 1.86. The molecule has 0 aromatic heterocycles. The molecule has 1 aromatic rings. The van der Waals surface area contributed by atoms with E-state index in [4.69, 9.17) is 0 Å². The van der Waals surface area contributed by atoms with Crippen molar-refractivity contribution in [1.29, 1.82) is 0 Å². The second-order valence-electron chi connectivity index (χ2n) is 5.08. The predicted octanol–water partition coefficient (Wildman–Crippen LogP) is 2.96. The molecule has 0 saturated carbocycles. The molecule has 0 bridgehead atoms.